The monoisotopic (exact) mass is 344 g/mol. The molecule has 24 heavy (non-hydrogen) atoms. The standard InChI is InChI=1S/C16H20N6OS/c1-3-22-13(8-23)20-21-16(22)10-6-11(7-10)19-15-14-12(4-5-24-14)17-9(2)18-15/h4-5,10-11,23H,3,6-8H2,1-2H3,(H,17,18,19). The molecular formula is C16H20N6OS. The lowest BCUT2D eigenvalue weighted by Crippen LogP contribution is -2.35. The van der Waals surface area contributed by atoms with Crippen LogP contribution in [0.4, 0.5) is 5.82 Å². The molecule has 8 heteroatoms. The van der Waals surface area contributed by atoms with Gasteiger partial charge in [-0.2, -0.15) is 0 Å². The lowest BCUT2D eigenvalue weighted by Gasteiger charge is -2.35. The molecule has 7 nitrogen and oxygen atoms in total. The molecule has 0 aromatic carbocycles. The van der Waals surface area contributed by atoms with Crippen molar-refractivity contribution in [2.45, 2.75) is 51.8 Å². The van der Waals surface area contributed by atoms with Crippen molar-refractivity contribution in [2.24, 2.45) is 0 Å². The van der Waals surface area contributed by atoms with Gasteiger partial charge in [-0.1, -0.05) is 0 Å². The van der Waals surface area contributed by atoms with Crippen LogP contribution in [0.1, 0.15) is 43.2 Å². The van der Waals surface area contributed by atoms with Gasteiger partial charge in [-0.25, -0.2) is 9.97 Å². The SMILES string of the molecule is CCn1c(CO)nnc1C1CC(Nc2nc(C)nc3ccsc23)C1. The van der Waals surface area contributed by atoms with E-state index in [1.54, 1.807) is 11.3 Å². The first-order valence-electron chi connectivity index (χ1n) is 8.20. The van der Waals surface area contributed by atoms with Gasteiger partial charge in [0.25, 0.3) is 0 Å². The molecule has 0 aliphatic heterocycles. The summed E-state index contributed by atoms with van der Waals surface area (Å²) in [6.45, 7) is 4.70. The summed E-state index contributed by atoms with van der Waals surface area (Å²) in [5.74, 6) is 3.74. The second-order valence-corrected chi connectivity index (χ2v) is 7.06. The second-order valence-electron chi connectivity index (χ2n) is 6.14. The van der Waals surface area contributed by atoms with Crippen molar-refractivity contribution in [1.29, 1.82) is 0 Å². The number of aromatic nitrogens is 5. The number of anilines is 1. The molecule has 126 valence electrons. The van der Waals surface area contributed by atoms with Crippen molar-refractivity contribution in [3.05, 3.63) is 28.9 Å². The Labute approximate surface area is 143 Å². The number of fused-ring (bicyclic) bond motifs is 1. The van der Waals surface area contributed by atoms with Gasteiger partial charge in [-0.15, -0.1) is 21.5 Å². The molecule has 1 saturated carbocycles. The average Bonchev–Trinajstić information content (AvgIpc) is 3.15. The highest BCUT2D eigenvalue weighted by molar-refractivity contribution is 7.17. The first kappa shape index (κ1) is 15.5. The maximum absolute atomic E-state index is 9.34. The van der Waals surface area contributed by atoms with Crippen LogP contribution in [0.3, 0.4) is 0 Å². The van der Waals surface area contributed by atoms with Gasteiger partial charge in [0, 0.05) is 18.5 Å². The molecule has 4 rings (SSSR count). The fourth-order valence-corrected chi connectivity index (χ4v) is 4.11. The number of thiophene rings is 1. The van der Waals surface area contributed by atoms with Crippen molar-refractivity contribution in [3.8, 4) is 0 Å². The number of hydrogen-bond donors (Lipinski definition) is 2. The Morgan fingerprint density at radius 2 is 2.17 bits per heavy atom. The maximum Gasteiger partial charge on any atom is 0.158 e. The van der Waals surface area contributed by atoms with Gasteiger partial charge in [0.15, 0.2) is 5.82 Å². The first-order valence-corrected chi connectivity index (χ1v) is 9.08. The van der Waals surface area contributed by atoms with E-state index >= 15 is 0 Å². The third-order valence-electron chi connectivity index (χ3n) is 4.57. The fraction of sp³-hybridized carbons (Fsp3) is 0.500. The summed E-state index contributed by atoms with van der Waals surface area (Å²) in [5.41, 5.74) is 1.00. The summed E-state index contributed by atoms with van der Waals surface area (Å²) in [6.07, 6.45) is 2.00. The molecule has 0 bridgehead atoms. The summed E-state index contributed by atoms with van der Waals surface area (Å²) >= 11 is 1.67. The van der Waals surface area contributed by atoms with Crippen LogP contribution in [0.15, 0.2) is 11.4 Å². The molecule has 0 radical (unpaired) electrons. The first-order chi connectivity index (χ1) is 11.7. The van der Waals surface area contributed by atoms with Gasteiger partial charge in [-0.3, -0.25) is 0 Å². The van der Waals surface area contributed by atoms with E-state index in [2.05, 4.69) is 32.4 Å². The smallest absolute Gasteiger partial charge is 0.158 e. The number of aliphatic hydroxyl groups is 1. The number of nitrogens with one attached hydrogen (secondary N) is 1. The Bertz CT molecular complexity index is 867. The van der Waals surface area contributed by atoms with Crippen LogP contribution in [0.5, 0.6) is 0 Å². The van der Waals surface area contributed by atoms with Crippen LogP contribution in [0.25, 0.3) is 10.2 Å². The van der Waals surface area contributed by atoms with E-state index in [1.165, 1.54) is 0 Å². The van der Waals surface area contributed by atoms with Gasteiger partial charge in [0.2, 0.25) is 0 Å². The third kappa shape index (κ3) is 2.55. The van der Waals surface area contributed by atoms with Crippen LogP contribution < -0.4 is 5.32 Å². The predicted molar refractivity (Wildman–Crippen MR) is 93.2 cm³/mol. The largest absolute Gasteiger partial charge is 0.388 e. The zero-order valence-corrected chi connectivity index (χ0v) is 14.5. The highest BCUT2D eigenvalue weighted by atomic mass is 32.1. The minimum Gasteiger partial charge on any atom is -0.388 e. The van der Waals surface area contributed by atoms with E-state index in [4.69, 9.17) is 0 Å². The van der Waals surface area contributed by atoms with Crippen LogP contribution in [0, 0.1) is 6.92 Å². The normalized spacial score (nSPS) is 20.3. The Kier molecular flexibility index (Phi) is 3.93. The van der Waals surface area contributed by atoms with E-state index in [0.29, 0.717) is 17.8 Å². The highest BCUT2D eigenvalue weighted by Gasteiger charge is 2.34. The van der Waals surface area contributed by atoms with Gasteiger partial charge in [0.05, 0.1) is 10.2 Å². The summed E-state index contributed by atoms with van der Waals surface area (Å²) in [5, 5.41) is 23.3. The third-order valence-corrected chi connectivity index (χ3v) is 5.48. The molecule has 3 aromatic rings. The zero-order valence-electron chi connectivity index (χ0n) is 13.7. The van der Waals surface area contributed by atoms with E-state index in [9.17, 15) is 5.11 Å². The van der Waals surface area contributed by atoms with E-state index < -0.39 is 0 Å². The van der Waals surface area contributed by atoms with Crippen molar-refractivity contribution in [3.63, 3.8) is 0 Å². The van der Waals surface area contributed by atoms with Crippen molar-refractivity contribution >= 4 is 27.4 Å². The van der Waals surface area contributed by atoms with E-state index in [-0.39, 0.29) is 6.61 Å². The Balaban J connectivity index is 1.48. The van der Waals surface area contributed by atoms with Crippen LogP contribution in [0.2, 0.25) is 0 Å². The van der Waals surface area contributed by atoms with E-state index in [0.717, 1.165) is 47.1 Å². The molecule has 0 unspecified atom stereocenters. The number of aryl methyl sites for hydroxylation is 1. The molecule has 3 heterocycles. The minimum absolute atomic E-state index is 0.0637. The van der Waals surface area contributed by atoms with Gasteiger partial charge >= 0.3 is 0 Å². The second kappa shape index (κ2) is 6.10. The molecule has 0 atom stereocenters. The van der Waals surface area contributed by atoms with Crippen LogP contribution in [-0.2, 0) is 13.2 Å². The average molecular weight is 344 g/mol. The quantitative estimate of drug-likeness (QED) is 0.739. The van der Waals surface area contributed by atoms with Gasteiger partial charge < -0.3 is 15.0 Å². The summed E-state index contributed by atoms with van der Waals surface area (Å²) < 4.78 is 3.14. The molecule has 0 saturated heterocycles. The Morgan fingerprint density at radius 3 is 2.92 bits per heavy atom. The maximum atomic E-state index is 9.34. The highest BCUT2D eigenvalue weighted by Crippen LogP contribution is 2.39. The molecule has 1 aliphatic carbocycles. The summed E-state index contributed by atoms with van der Waals surface area (Å²) in [6, 6.07) is 2.41. The topological polar surface area (TPSA) is 88.8 Å². The lowest BCUT2D eigenvalue weighted by molar-refractivity contribution is 0.263. The van der Waals surface area contributed by atoms with Crippen molar-refractivity contribution in [1.82, 2.24) is 24.7 Å². The molecule has 1 fully saturated rings. The van der Waals surface area contributed by atoms with Gasteiger partial charge in [-0.05, 0) is 38.1 Å². The predicted octanol–water partition coefficient (Wildman–Crippen LogP) is 2.46. The summed E-state index contributed by atoms with van der Waals surface area (Å²) in [7, 11) is 0. The molecule has 2 N–H and O–H groups in total. The Hall–Kier alpha value is -2.06. The fourth-order valence-electron chi connectivity index (χ4n) is 3.33. The number of rotatable bonds is 5. The Morgan fingerprint density at radius 1 is 1.33 bits per heavy atom. The van der Waals surface area contributed by atoms with E-state index in [1.807, 2.05) is 22.9 Å². The van der Waals surface area contributed by atoms with Gasteiger partial charge in [0.1, 0.15) is 24.1 Å². The van der Waals surface area contributed by atoms with Crippen molar-refractivity contribution < 1.29 is 5.11 Å². The minimum atomic E-state index is -0.0637. The zero-order chi connectivity index (χ0) is 16.7. The lowest BCUT2D eigenvalue weighted by atomic mass is 9.79. The summed E-state index contributed by atoms with van der Waals surface area (Å²) in [4.78, 5) is 9.03. The van der Waals surface area contributed by atoms with Crippen molar-refractivity contribution in [2.75, 3.05) is 5.32 Å². The molecule has 3 aromatic heterocycles. The number of aliphatic hydroxyl groups excluding tert-OH is 1. The van der Waals surface area contributed by atoms with Crippen LogP contribution in [-0.4, -0.2) is 35.9 Å². The molecule has 0 amide bonds. The molecule has 0 spiro atoms. The molecule has 1 aliphatic rings. The molecular weight excluding hydrogens is 324 g/mol. The van der Waals surface area contributed by atoms with Crippen LogP contribution >= 0.6 is 11.3 Å². The number of hydrogen-bond acceptors (Lipinski definition) is 7. The number of nitrogens with zero attached hydrogens (tertiary/aromatic N) is 5.